The number of halogens is 2. The monoisotopic (exact) mass is 340 g/mol. The number of ether oxygens (including phenoxy) is 1. The highest BCUT2D eigenvalue weighted by Crippen LogP contribution is 2.22. The first kappa shape index (κ1) is 16.4. The number of benzene rings is 1. The number of carbonyl (C=O) groups excluding carboxylic acids is 2. The fourth-order valence-corrected chi connectivity index (χ4v) is 2.34. The Bertz CT molecular complexity index is 692. The molecule has 22 heavy (non-hydrogen) atoms. The number of rotatable bonds is 4. The minimum atomic E-state index is -0.958. The van der Waals surface area contributed by atoms with Crippen LogP contribution in [0.3, 0.4) is 0 Å². The van der Waals surface area contributed by atoms with Gasteiger partial charge in [0.25, 0.3) is 5.91 Å². The average molecular weight is 341 g/mol. The van der Waals surface area contributed by atoms with Crippen molar-refractivity contribution in [2.24, 2.45) is 7.05 Å². The number of hydrogen-bond donors (Lipinski definition) is 1. The van der Waals surface area contributed by atoms with Crippen molar-refractivity contribution in [3.63, 3.8) is 0 Å². The summed E-state index contributed by atoms with van der Waals surface area (Å²) >= 11 is 11.7. The lowest BCUT2D eigenvalue weighted by Crippen LogP contribution is -2.30. The second-order valence-electron chi connectivity index (χ2n) is 4.70. The van der Waals surface area contributed by atoms with E-state index < -0.39 is 18.0 Å². The molecule has 1 atom stereocenters. The summed E-state index contributed by atoms with van der Waals surface area (Å²) in [4.78, 5) is 24.0. The van der Waals surface area contributed by atoms with Gasteiger partial charge in [0.15, 0.2) is 6.10 Å². The summed E-state index contributed by atoms with van der Waals surface area (Å²) in [5, 5.41) is 3.40. The third-order valence-electron chi connectivity index (χ3n) is 2.94. The lowest BCUT2D eigenvalue weighted by Gasteiger charge is -2.14. The summed E-state index contributed by atoms with van der Waals surface area (Å²) in [6.07, 6.45) is 0.759. The molecular formula is C15H14Cl2N2O3. The molecule has 2 rings (SSSR count). The van der Waals surface area contributed by atoms with Gasteiger partial charge in [-0.1, -0.05) is 23.2 Å². The minimum Gasteiger partial charge on any atom is -0.448 e. The van der Waals surface area contributed by atoms with Crippen molar-refractivity contribution in [1.29, 1.82) is 0 Å². The fourth-order valence-electron chi connectivity index (χ4n) is 1.82. The molecule has 1 amide bonds. The van der Waals surface area contributed by atoms with E-state index in [-0.39, 0.29) is 0 Å². The second kappa shape index (κ2) is 6.85. The predicted molar refractivity (Wildman–Crippen MR) is 85.4 cm³/mol. The molecule has 5 nitrogen and oxygen atoms in total. The zero-order valence-electron chi connectivity index (χ0n) is 12.0. The van der Waals surface area contributed by atoms with Crippen LogP contribution in [0, 0.1) is 0 Å². The molecule has 0 aliphatic heterocycles. The van der Waals surface area contributed by atoms with Gasteiger partial charge in [0.1, 0.15) is 5.69 Å². The average Bonchev–Trinajstić information content (AvgIpc) is 2.83. The van der Waals surface area contributed by atoms with Crippen molar-refractivity contribution in [3.05, 3.63) is 52.3 Å². The summed E-state index contributed by atoms with van der Waals surface area (Å²) in [5.41, 5.74) is 0.801. The van der Waals surface area contributed by atoms with E-state index in [1.807, 2.05) is 0 Å². The summed E-state index contributed by atoms with van der Waals surface area (Å²) in [7, 11) is 1.72. The van der Waals surface area contributed by atoms with Crippen molar-refractivity contribution in [1.82, 2.24) is 4.57 Å². The highest BCUT2D eigenvalue weighted by atomic mass is 35.5. The van der Waals surface area contributed by atoms with Crippen LogP contribution in [0.25, 0.3) is 0 Å². The Morgan fingerprint density at radius 1 is 1.23 bits per heavy atom. The summed E-state index contributed by atoms with van der Waals surface area (Å²) in [6.45, 7) is 1.49. The molecule has 1 heterocycles. The van der Waals surface area contributed by atoms with Gasteiger partial charge < -0.3 is 14.6 Å². The molecule has 0 saturated carbocycles. The Labute approximate surface area is 137 Å². The molecular weight excluding hydrogens is 327 g/mol. The summed E-state index contributed by atoms with van der Waals surface area (Å²) < 4.78 is 6.75. The van der Waals surface area contributed by atoms with Crippen molar-refractivity contribution in [2.45, 2.75) is 13.0 Å². The van der Waals surface area contributed by atoms with Gasteiger partial charge in [-0.25, -0.2) is 4.79 Å². The molecule has 1 unspecified atom stereocenters. The number of anilines is 1. The van der Waals surface area contributed by atoms with E-state index in [0.717, 1.165) is 0 Å². The Morgan fingerprint density at radius 2 is 1.86 bits per heavy atom. The first-order chi connectivity index (χ1) is 10.4. The lowest BCUT2D eigenvalue weighted by molar-refractivity contribution is -0.123. The Kier molecular flexibility index (Phi) is 5.11. The van der Waals surface area contributed by atoms with E-state index in [1.54, 1.807) is 48.1 Å². The van der Waals surface area contributed by atoms with E-state index in [9.17, 15) is 9.59 Å². The van der Waals surface area contributed by atoms with Crippen molar-refractivity contribution < 1.29 is 14.3 Å². The maximum absolute atomic E-state index is 12.0. The number of hydrogen-bond acceptors (Lipinski definition) is 3. The molecule has 1 aromatic carbocycles. The van der Waals surface area contributed by atoms with E-state index in [0.29, 0.717) is 21.4 Å². The molecule has 0 radical (unpaired) electrons. The minimum absolute atomic E-state index is 0.366. The third-order valence-corrected chi connectivity index (χ3v) is 3.37. The number of aromatic nitrogens is 1. The number of nitrogens with zero attached hydrogens (tertiary/aromatic N) is 1. The third kappa shape index (κ3) is 4.02. The van der Waals surface area contributed by atoms with Gasteiger partial charge in [-0.15, -0.1) is 0 Å². The Balaban J connectivity index is 2.00. The molecule has 116 valence electrons. The van der Waals surface area contributed by atoms with Crippen molar-refractivity contribution >= 4 is 40.8 Å². The number of esters is 1. The van der Waals surface area contributed by atoms with Gasteiger partial charge in [0.05, 0.1) is 0 Å². The first-order valence-electron chi connectivity index (χ1n) is 6.46. The zero-order valence-corrected chi connectivity index (χ0v) is 13.5. The van der Waals surface area contributed by atoms with Crippen LogP contribution in [-0.2, 0) is 16.6 Å². The number of amides is 1. The van der Waals surface area contributed by atoms with Crippen LogP contribution >= 0.6 is 23.2 Å². The van der Waals surface area contributed by atoms with Crippen LogP contribution in [0.4, 0.5) is 5.69 Å². The maximum atomic E-state index is 12.0. The van der Waals surface area contributed by atoms with Crippen LogP contribution in [0.15, 0.2) is 36.5 Å². The molecule has 0 aliphatic rings. The van der Waals surface area contributed by atoms with Gasteiger partial charge in [0.2, 0.25) is 0 Å². The van der Waals surface area contributed by atoms with Crippen LogP contribution < -0.4 is 5.32 Å². The van der Waals surface area contributed by atoms with Crippen molar-refractivity contribution in [3.8, 4) is 0 Å². The zero-order chi connectivity index (χ0) is 16.3. The number of aryl methyl sites for hydroxylation is 1. The molecule has 1 aromatic heterocycles. The topological polar surface area (TPSA) is 60.3 Å². The largest absolute Gasteiger partial charge is 0.448 e. The molecule has 2 aromatic rings. The van der Waals surface area contributed by atoms with Crippen LogP contribution in [0.5, 0.6) is 0 Å². The Hall–Kier alpha value is -1.98. The highest BCUT2D eigenvalue weighted by Gasteiger charge is 2.20. The molecule has 0 saturated heterocycles. The standard InChI is InChI=1S/C15H14Cl2N2O3/c1-9(22-15(21)13-4-3-5-19(13)2)14(20)18-12-7-10(16)6-11(17)8-12/h3-9H,1-2H3,(H,18,20). The number of carbonyl (C=O) groups is 2. The molecule has 7 heteroatoms. The van der Waals surface area contributed by atoms with E-state index in [2.05, 4.69) is 5.32 Å². The van der Waals surface area contributed by atoms with Crippen molar-refractivity contribution in [2.75, 3.05) is 5.32 Å². The predicted octanol–water partition coefficient (Wildman–Crippen LogP) is 3.52. The summed E-state index contributed by atoms with van der Waals surface area (Å²) in [6, 6.07) is 7.99. The molecule has 0 spiro atoms. The number of nitrogens with one attached hydrogen (secondary N) is 1. The second-order valence-corrected chi connectivity index (χ2v) is 5.57. The van der Waals surface area contributed by atoms with Crippen LogP contribution in [0.1, 0.15) is 17.4 Å². The smallest absolute Gasteiger partial charge is 0.355 e. The maximum Gasteiger partial charge on any atom is 0.355 e. The summed E-state index contributed by atoms with van der Waals surface area (Å²) in [5.74, 6) is -1.04. The first-order valence-corrected chi connectivity index (χ1v) is 7.21. The van der Waals surface area contributed by atoms with E-state index in [1.165, 1.54) is 6.92 Å². The van der Waals surface area contributed by atoms with E-state index >= 15 is 0 Å². The lowest BCUT2D eigenvalue weighted by atomic mass is 10.3. The molecule has 0 bridgehead atoms. The van der Waals surface area contributed by atoms with Gasteiger partial charge in [-0.2, -0.15) is 0 Å². The van der Waals surface area contributed by atoms with Crippen LogP contribution in [0.2, 0.25) is 10.0 Å². The SMILES string of the molecule is CC(OC(=O)c1cccn1C)C(=O)Nc1cc(Cl)cc(Cl)c1. The van der Waals surface area contributed by atoms with E-state index in [4.69, 9.17) is 27.9 Å². The van der Waals surface area contributed by atoms with Gasteiger partial charge in [0, 0.05) is 29.0 Å². The quantitative estimate of drug-likeness (QED) is 0.866. The van der Waals surface area contributed by atoms with Gasteiger partial charge in [-0.05, 0) is 37.3 Å². The van der Waals surface area contributed by atoms with Gasteiger partial charge >= 0.3 is 5.97 Å². The highest BCUT2D eigenvalue weighted by molar-refractivity contribution is 6.35. The van der Waals surface area contributed by atoms with Gasteiger partial charge in [-0.3, -0.25) is 4.79 Å². The molecule has 1 N–H and O–H groups in total. The Morgan fingerprint density at radius 3 is 2.41 bits per heavy atom. The molecule has 0 fully saturated rings. The molecule has 0 aliphatic carbocycles. The van der Waals surface area contributed by atoms with Crippen LogP contribution in [-0.4, -0.2) is 22.5 Å². The fraction of sp³-hybridized carbons (Fsp3) is 0.200. The normalized spacial score (nSPS) is 11.8.